The first kappa shape index (κ1) is 9.23. The van der Waals surface area contributed by atoms with Gasteiger partial charge in [-0.3, -0.25) is 0 Å². The molecule has 0 unspecified atom stereocenters. The van der Waals surface area contributed by atoms with Crippen molar-refractivity contribution in [2.45, 2.75) is 40.3 Å². The maximum Gasteiger partial charge on any atom is 0.265 e. The van der Waals surface area contributed by atoms with Crippen LogP contribution in [0.2, 0.25) is 0 Å². The lowest BCUT2D eigenvalue weighted by molar-refractivity contribution is -0.703. The topological polar surface area (TPSA) is 21.7 Å². The molecule has 0 aliphatic carbocycles. The Morgan fingerprint density at radius 2 is 2.00 bits per heavy atom. The number of aromatic nitrogens is 3. The van der Waals surface area contributed by atoms with Gasteiger partial charge in [-0.15, -0.1) is 4.68 Å². The lowest BCUT2D eigenvalue weighted by Gasteiger charge is -1.99. The zero-order valence-corrected chi connectivity index (χ0v) is 8.36. The molecule has 0 atom stereocenters. The predicted octanol–water partition coefficient (Wildman–Crippen LogP) is 1.41. The number of nitrogens with zero attached hydrogens (tertiary/aromatic N) is 3. The summed E-state index contributed by atoms with van der Waals surface area (Å²) in [6, 6.07) is 0.457. The van der Waals surface area contributed by atoms with Crippen LogP contribution < -0.4 is 4.57 Å². The highest BCUT2D eigenvalue weighted by Crippen LogP contribution is 1.97. The third-order valence-electron chi connectivity index (χ3n) is 1.70. The summed E-state index contributed by atoms with van der Waals surface area (Å²) in [6.07, 6.45) is 3.95. The van der Waals surface area contributed by atoms with E-state index in [1.54, 1.807) is 0 Å². The molecule has 0 spiro atoms. The first-order chi connectivity index (χ1) is 5.59. The van der Waals surface area contributed by atoms with Crippen LogP contribution in [0.5, 0.6) is 0 Å². The summed E-state index contributed by atoms with van der Waals surface area (Å²) in [6.45, 7) is 9.73. The average Bonchev–Trinajstić information content (AvgIpc) is 2.34. The minimum absolute atomic E-state index is 0.457. The van der Waals surface area contributed by atoms with Crippen molar-refractivity contribution in [3.05, 3.63) is 12.7 Å². The fourth-order valence-corrected chi connectivity index (χ4v) is 1.12. The molecule has 0 saturated carbocycles. The SMILES string of the molecule is CC(C)C[n+]1cnn(C(C)C)c1. The predicted molar refractivity (Wildman–Crippen MR) is 47.6 cm³/mol. The monoisotopic (exact) mass is 168 g/mol. The van der Waals surface area contributed by atoms with Crippen LogP contribution in [0.25, 0.3) is 0 Å². The summed E-state index contributed by atoms with van der Waals surface area (Å²) in [5, 5.41) is 4.25. The molecule has 0 amide bonds. The molecule has 0 aliphatic heterocycles. The van der Waals surface area contributed by atoms with Crippen molar-refractivity contribution in [2.75, 3.05) is 0 Å². The van der Waals surface area contributed by atoms with E-state index in [0.29, 0.717) is 12.0 Å². The van der Waals surface area contributed by atoms with Crippen LogP contribution >= 0.6 is 0 Å². The average molecular weight is 168 g/mol. The van der Waals surface area contributed by atoms with Gasteiger partial charge in [0.25, 0.3) is 6.33 Å². The van der Waals surface area contributed by atoms with Crippen molar-refractivity contribution in [3.8, 4) is 0 Å². The largest absolute Gasteiger partial charge is 0.265 e. The van der Waals surface area contributed by atoms with Gasteiger partial charge < -0.3 is 0 Å². The van der Waals surface area contributed by atoms with E-state index >= 15 is 0 Å². The highest BCUT2D eigenvalue weighted by Gasteiger charge is 2.09. The third-order valence-corrected chi connectivity index (χ3v) is 1.70. The van der Waals surface area contributed by atoms with Crippen molar-refractivity contribution < 1.29 is 4.57 Å². The summed E-state index contributed by atoms with van der Waals surface area (Å²) in [5.74, 6) is 0.680. The van der Waals surface area contributed by atoms with Crippen LogP contribution in [0.1, 0.15) is 33.7 Å². The Labute approximate surface area is 74.0 Å². The van der Waals surface area contributed by atoms with E-state index in [0.717, 1.165) is 6.54 Å². The van der Waals surface area contributed by atoms with Gasteiger partial charge in [0, 0.05) is 5.10 Å². The van der Waals surface area contributed by atoms with Gasteiger partial charge in [-0.25, -0.2) is 4.57 Å². The molecule has 0 saturated heterocycles. The molecule has 3 nitrogen and oxygen atoms in total. The lowest BCUT2D eigenvalue weighted by Crippen LogP contribution is -2.33. The van der Waals surface area contributed by atoms with Crippen molar-refractivity contribution in [1.82, 2.24) is 9.78 Å². The fraction of sp³-hybridized carbons (Fsp3) is 0.778. The number of hydrogen-bond donors (Lipinski definition) is 0. The van der Waals surface area contributed by atoms with Crippen LogP contribution in [-0.2, 0) is 6.54 Å². The molecule has 1 aromatic heterocycles. The Kier molecular flexibility index (Phi) is 2.84. The molecule has 0 N–H and O–H groups in total. The number of rotatable bonds is 3. The summed E-state index contributed by atoms with van der Waals surface area (Å²) in [4.78, 5) is 0. The molecule has 68 valence electrons. The van der Waals surface area contributed by atoms with Crippen molar-refractivity contribution in [1.29, 1.82) is 0 Å². The minimum Gasteiger partial charge on any atom is -0.237 e. The Morgan fingerprint density at radius 1 is 1.33 bits per heavy atom. The molecule has 0 fully saturated rings. The molecule has 3 heteroatoms. The lowest BCUT2D eigenvalue weighted by atomic mass is 10.2. The van der Waals surface area contributed by atoms with E-state index in [1.165, 1.54) is 0 Å². The van der Waals surface area contributed by atoms with Crippen LogP contribution in [0, 0.1) is 5.92 Å². The second-order valence-electron chi connectivity index (χ2n) is 3.91. The minimum atomic E-state index is 0.457. The quantitative estimate of drug-likeness (QED) is 0.625. The molecule has 0 aliphatic rings. The van der Waals surface area contributed by atoms with E-state index < -0.39 is 0 Å². The van der Waals surface area contributed by atoms with Gasteiger partial charge in [0.05, 0.1) is 6.54 Å². The molecular formula is C9H18N3+. The standard InChI is InChI=1S/C9H18N3/c1-8(2)5-11-6-10-12(7-11)9(3)4/h6-9H,5H2,1-4H3/q+1. The summed E-state index contributed by atoms with van der Waals surface area (Å²) < 4.78 is 4.10. The molecule has 12 heavy (non-hydrogen) atoms. The molecular weight excluding hydrogens is 150 g/mol. The Balaban J connectivity index is 2.64. The zero-order valence-electron chi connectivity index (χ0n) is 8.36. The van der Waals surface area contributed by atoms with Gasteiger partial charge in [0.15, 0.2) is 0 Å². The van der Waals surface area contributed by atoms with E-state index in [4.69, 9.17) is 0 Å². The zero-order chi connectivity index (χ0) is 9.14. The van der Waals surface area contributed by atoms with Crippen LogP contribution in [0.4, 0.5) is 0 Å². The maximum absolute atomic E-state index is 4.25. The first-order valence-corrected chi connectivity index (χ1v) is 4.52. The van der Waals surface area contributed by atoms with Crippen molar-refractivity contribution >= 4 is 0 Å². The summed E-state index contributed by atoms with van der Waals surface area (Å²) >= 11 is 0. The van der Waals surface area contributed by atoms with E-state index in [1.807, 2.05) is 11.0 Å². The summed E-state index contributed by atoms with van der Waals surface area (Å²) in [7, 11) is 0. The highest BCUT2D eigenvalue weighted by atomic mass is 15.4. The second-order valence-corrected chi connectivity index (χ2v) is 3.91. The van der Waals surface area contributed by atoms with Gasteiger partial charge in [-0.1, -0.05) is 13.8 Å². The highest BCUT2D eigenvalue weighted by molar-refractivity contribution is 4.52. The normalized spacial score (nSPS) is 11.5. The van der Waals surface area contributed by atoms with Gasteiger partial charge in [-0.2, -0.15) is 0 Å². The fourth-order valence-electron chi connectivity index (χ4n) is 1.12. The molecule has 0 bridgehead atoms. The molecule has 1 rings (SSSR count). The van der Waals surface area contributed by atoms with Crippen LogP contribution in [0.15, 0.2) is 12.7 Å². The molecule has 0 radical (unpaired) electrons. The second kappa shape index (κ2) is 3.70. The number of hydrogen-bond acceptors (Lipinski definition) is 1. The molecule has 0 aromatic carbocycles. The summed E-state index contributed by atoms with van der Waals surface area (Å²) in [5.41, 5.74) is 0. The van der Waals surface area contributed by atoms with Crippen LogP contribution in [0.3, 0.4) is 0 Å². The third kappa shape index (κ3) is 2.32. The Hall–Kier alpha value is -0.860. The molecule has 1 aromatic rings. The first-order valence-electron chi connectivity index (χ1n) is 4.52. The van der Waals surface area contributed by atoms with E-state index in [2.05, 4.69) is 43.7 Å². The van der Waals surface area contributed by atoms with E-state index in [-0.39, 0.29) is 0 Å². The maximum atomic E-state index is 4.25. The Bertz CT molecular complexity index is 238. The van der Waals surface area contributed by atoms with Crippen molar-refractivity contribution in [2.24, 2.45) is 5.92 Å². The van der Waals surface area contributed by atoms with Gasteiger partial charge in [0.1, 0.15) is 6.04 Å². The van der Waals surface area contributed by atoms with Gasteiger partial charge in [0.2, 0.25) is 6.33 Å². The van der Waals surface area contributed by atoms with Crippen LogP contribution in [-0.4, -0.2) is 9.78 Å². The van der Waals surface area contributed by atoms with E-state index in [9.17, 15) is 0 Å². The van der Waals surface area contributed by atoms with Gasteiger partial charge in [-0.05, 0) is 19.8 Å². The van der Waals surface area contributed by atoms with Crippen molar-refractivity contribution in [3.63, 3.8) is 0 Å². The molecule has 1 heterocycles. The smallest absolute Gasteiger partial charge is 0.237 e. The Morgan fingerprint density at radius 3 is 2.42 bits per heavy atom. The van der Waals surface area contributed by atoms with Gasteiger partial charge >= 0.3 is 0 Å².